The van der Waals surface area contributed by atoms with Crippen molar-refractivity contribution in [1.82, 2.24) is 4.90 Å². The second kappa shape index (κ2) is 10.6. The smallest absolute Gasteiger partial charge is 0.339 e. The number of carbonyl (C=O) groups is 3. The van der Waals surface area contributed by atoms with Gasteiger partial charge < -0.3 is 9.50 Å². The van der Waals surface area contributed by atoms with Crippen LogP contribution in [0.1, 0.15) is 18.1 Å². The molecule has 4 rings (SSSR count). The molecule has 0 spiro atoms. The Morgan fingerprint density at radius 3 is 2.39 bits per heavy atom. The Labute approximate surface area is 217 Å². The first-order valence-corrected chi connectivity index (χ1v) is 13.1. The normalized spacial score (nSPS) is 14.8. The van der Waals surface area contributed by atoms with Crippen molar-refractivity contribution in [2.24, 2.45) is 0 Å². The van der Waals surface area contributed by atoms with E-state index in [9.17, 15) is 22.8 Å². The number of carbonyl (C=O) groups excluding carboxylic acids is 3. The lowest BCUT2D eigenvalue weighted by atomic mass is 10.2. The van der Waals surface area contributed by atoms with Crippen molar-refractivity contribution in [3.05, 3.63) is 93.9 Å². The zero-order valence-corrected chi connectivity index (χ0v) is 21.2. The number of nitrogens with one attached hydrogen (secondary N) is 1. The number of anilines is 1. The summed E-state index contributed by atoms with van der Waals surface area (Å²) in [6, 6.07) is 18.6. The number of imide groups is 1. The van der Waals surface area contributed by atoms with Crippen LogP contribution in [0.5, 0.6) is 5.75 Å². The first-order chi connectivity index (χ1) is 17.1. The molecular weight excluding hydrogens is 524 g/mol. The summed E-state index contributed by atoms with van der Waals surface area (Å²) in [6.45, 7) is 1.46. The number of hydrogen-bond donors (Lipinski definition) is 1. The van der Waals surface area contributed by atoms with Gasteiger partial charge in [-0.15, -0.1) is 0 Å². The molecule has 0 atom stereocenters. The summed E-state index contributed by atoms with van der Waals surface area (Å²) < 4.78 is 30.3. The molecule has 0 radical (unpaired) electrons. The fourth-order valence-corrected chi connectivity index (χ4v) is 5.29. The zero-order chi connectivity index (χ0) is 25.9. The third-order valence-corrected chi connectivity index (χ3v) is 7.35. The number of nitrogens with zero attached hydrogens (tertiary/aromatic N) is 1. The Bertz CT molecular complexity index is 1470. The van der Waals surface area contributed by atoms with Crippen molar-refractivity contribution >= 4 is 62.3 Å². The predicted octanol–water partition coefficient (Wildman–Crippen LogP) is 5.30. The van der Waals surface area contributed by atoms with Crippen LogP contribution in [0.15, 0.2) is 82.6 Å². The van der Waals surface area contributed by atoms with Gasteiger partial charge >= 0.3 is 10.1 Å². The van der Waals surface area contributed by atoms with E-state index in [0.717, 1.165) is 22.2 Å². The van der Waals surface area contributed by atoms with Gasteiger partial charge in [-0.25, -0.2) is 0 Å². The van der Waals surface area contributed by atoms with Crippen LogP contribution in [0.25, 0.3) is 6.08 Å². The van der Waals surface area contributed by atoms with Gasteiger partial charge in [0.15, 0.2) is 0 Å². The minimum absolute atomic E-state index is 0.0749. The Hall–Kier alpha value is -3.60. The van der Waals surface area contributed by atoms with Crippen molar-refractivity contribution in [2.75, 3.05) is 5.32 Å². The highest BCUT2D eigenvalue weighted by molar-refractivity contribution is 8.18. The molecule has 0 saturated carbocycles. The molecule has 0 aromatic heterocycles. The van der Waals surface area contributed by atoms with E-state index in [1.54, 1.807) is 42.5 Å². The molecule has 1 saturated heterocycles. The number of hydrogen-bond acceptors (Lipinski definition) is 7. The number of rotatable bonds is 7. The summed E-state index contributed by atoms with van der Waals surface area (Å²) >= 11 is 6.81. The second-order valence-corrected chi connectivity index (χ2v) is 10.7. The topological polar surface area (TPSA) is 110 Å². The van der Waals surface area contributed by atoms with Crippen LogP contribution in [0.2, 0.25) is 5.02 Å². The molecule has 1 heterocycles. The molecule has 3 aromatic carbocycles. The molecule has 11 heteroatoms. The molecule has 0 bridgehead atoms. The Balaban J connectivity index is 1.44. The fraction of sp³-hybridized carbons (Fsp3) is 0.0800. The minimum Gasteiger partial charge on any atom is -0.379 e. The van der Waals surface area contributed by atoms with Gasteiger partial charge in [-0.2, -0.15) is 8.42 Å². The maximum Gasteiger partial charge on any atom is 0.339 e. The standard InChI is InChI=1S/C25H19ClN2O6S2/c1-16(29)27-20-7-11-22(12-8-20)36(32,33)34-21-9-5-17(6-10-21)14-23-24(30)28(25(31)35-23)15-18-3-2-4-19(26)13-18/h2-14H,15H2,1H3,(H,27,29)/b23-14-. The maximum atomic E-state index is 12.8. The molecule has 1 aliphatic rings. The minimum atomic E-state index is -4.10. The zero-order valence-electron chi connectivity index (χ0n) is 18.8. The average Bonchev–Trinajstić information content (AvgIpc) is 3.07. The highest BCUT2D eigenvalue weighted by atomic mass is 35.5. The highest BCUT2D eigenvalue weighted by Crippen LogP contribution is 2.34. The number of thioether (sulfide) groups is 1. The Kier molecular flexibility index (Phi) is 7.48. The second-order valence-electron chi connectivity index (χ2n) is 7.71. The summed E-state index contributed by atoms with van der Waals surface area (Å²) in [5.74, 6) is -0.615. The molecular formula is C25H19ClN2O6S2. The van der Waals surface area contributed by atoms with E-state index in [4.69, 9.17) is 15.8 Å². The molecule has 1 N–H and O–H groups in total. The number of halogens is 1. The monoisotopic (exact) mass is 542 g/mol. The lowest BCUT2D eigenvalue weighted by molar-refractivity contribution is -0.123. The molecule has 0 unspecified atom stereocenters. The van der Waals surface area contributed by atoms with Crippen LogP contribution in [-0.4, -0.2) is 30.4 Å². The van der Waals surface area contributed by atoms with Gasteiger partial charge in [0.2, 0.25) is 5.91 Å². The molecule has 36 heavy (non-hydrogen) atoms. The SMILES string of the molecule is CC(=O)Nc1ccc(S(=O)(=O)Oc2ccc(/C=C3\SC(=O)N(Cc4cccc(Cl)c4)C3=O)cc2)cc1. The third-order valence-electron chi connectivity index (χ3n) is 4.95. The van der Waals surface area contributed by atoms with E-state index in [1.165, 1.54) is 43.3 Å². The van der Waals surface area contributed by atoms with Crippen molar-refractivity contribution in [3.8, 4) is 5.75 Å². The number of benzene rings is 3. The summed E-state index contributed by atoms with van der Waals surface area (Å²) in [4.78, 5) is 37.6. The lowest BCUT2D eigenvalue weighted by Gasteiger charge is -2.12. The van der Waals surface area contributed by atoms with Crippen molar-refractivity contribution < 1.29 is 27.0 Å². The van der Waals surface area contributed by atoms with Crippen molar-refractivity contribution in [1.29, 1.82) is 0 Å². The predicted molar refractivity (Wildman–Crippen MR) is 138 cm³/mol. The molecule has 8 nitrogen and oxygen atoms in total. The summed E-state index contributed by atoms with van der Waals surface area (Å²) in [6.07, 6.45) is 1.56. The third kappa shape index (κ3) is 6.14. The first kappa shape index (κ1) is 25.5. The van der Waals surface area contributed by atoms with Gasteiger partial charge in [0.25, 0.3) is 11.1 Å². The Morgan fingerprint density at radius 2 is 1.75 bits per heavy atom. The quantitative estimate of drug-likeness (QED) is 0.318. The van der Waals surface area contributed by atoms with Gasteiger partial charge in [-0.05, 0) is 77.5 Å². The van der Waals surface area contributed by atoms with Gasteiger partial charge in [-0.1, -0.05) is 35.9 Å². The van der Waals surface area contributed by atoms with Gasteiger partial charge in [0.1, 0.15) is 10.6 Å². The van der Waals surface area contributed by atoms with Crippen molar-refractivity contribution in [3.63, 3.8) is 0 Å². The molecule has 184 valence electrons. The summed E-state index contributed by atoms with van der Waals surface area (Å²) in [5.41, 5.74) is 1.79. The van der Waals surface area contributed by atoms with Crippen molar-refractivity contribution in [2.45, 2.75) is 18.4 Å². The van der Waals surface area contributed by atoms with E-state index in [2.05, 4.69) is 5.32 Å². The molecule has 1 fully saturated rings. The van der Waals surface area contributed by atoms with Crippen LogP contribution < -0.4 is 9.50 Å². The molecule has 0 aliphatic carbocycles. The van der Waals surface area contributed by atoms with E-state index >= 15 is 0 Å². The summed E-state index contributed by atoms with van der Waals surface area (Å²) in [5, 5.41) is 2.68. The van der Waals surface area contributed by atoms with Gasteiger partial charge in [0.05, 0.1) is 11.4 Å². The van der Waals surface area contributed by atoms with Crippen LogP contribution in [0.4, 0.5) is 10.5 Å². The summed E-state index contributed by atoms with van der Waals surface area (Å²) in [7, 11) is -4.10. The van der Waals surface area contributed by atoms with E-state index in [0.29, 0.717) is 16.3 Å². The molecule has 1 aliphatic heterocycles. The van der Waals surface area contributed by atoms with Gasteiger partial charge in [-0.3, -0.25) is 19.3 Å². The van der Waals surface area contributed by atoms with E-state index in [1.807, 2.05) is 0 Å². The largest absolute Gasteiger partial charge is 0.379 e. The van der Waals surface area contributed by atoms with E-state index in [-0.39, 0.29) is 33.2 Å². The van der Waals surface area contributed by atoms with Crippen LogP contribution in [-0.2, 0) is 26.3 Å². The number of amides is 3. The lowest BCUT2D eigenvalue weighted by Crippen LogP contribution is -2.27. The van der Waals surface area contributed by atoms with Gasteiger partial charge in [0, 0.05) is 17.6 Å². The maximum absolute atomic E-state index is 12.8. The fourth-order valence-electron chi connectivity index (χ4n) is 3.31. The van der Waals surface area contributed by atoms with E-state index < -0.39 is 16.0 Å². The molecule has 3 amide bonds. The van der Waals surface area contributed by atoms with Crippen LogP contribution in [0.3, 0.4) is 0 Å². The first-order valence-electron chi connectivity index (χ1n) is 10.5. The Morgan fingerprint density at radius 1 is 1.06 bits per heavy atom. The molecule has 3 aromatic rings. The van der Waals surface area contributed by atoms with Crippen LogP contribution >= 0.6 is 23.4 Å². The highest BCUT2D eigenvalue weighted by Gasteiger charge is 2.35. The average molecular weight is 543 g/mol. The van der Waals surface area contributed by atoms with Crippen LogP contribution in [0, 0.1) is 0 Å².